The number of aromatic nitrogens is 2. The van der Waals surface area contributed by atoms with E-state index in [0.29, 0.717) is 36.9 Å². The van der Waals surface area contributed by atoms with Gasteiger partial charge < -0.3 is 10.2 Å². The zero-order valence-electron chi connectivity index (χ0n) is 16.1. The summed E-state index contributed by atoms with van der Waals surface area (Å²) in [5.41, 5.74) is 2.67. The summed E-state index contributed by atoms with van der Waals surface area (Å²) in [7, 11) is 0. The van der Waals surface area contributed by atoms with Crippen LogP contribution in [0.25, 0.3) is 0 Å². The summed E-state index contributed by atoms with van der Waals surface area (Å²) in [6.07, 6.45) is 0.771. The van der Waals surface area contributed by atoms with Crippen molar-refractivity contribution in [1.82, 2.24) is 20.0 Å². The van der Waals surface area contributed by atoms with Crippen molar-refractivity contribution >= 4 is 39.3 Å². The van der Waals surface area contributed by atoms with Crippen molar-refractivity contribution < 1.29 is 9.59 Å². The van der Waals surface area contributed by atoms with Crippen LogP contribution in [0, 0.1) is 0 Å². The Morgan fingerprint density at radius 1 is 1.10 bits per heavy atom. The molecule has 0 bridgehead atoms. The number of nitrogens with zero attached hydrogens (tertiary/aromatic N) is 3. The molecule has 0 saturated heterocycles. The van der Waals surface area contributed by atoms with Crippen LogP contribution in [-0.4, -0.2) is 33.0 Å². The van der Waals surface area contributed by atoms with Crippen molar-refractivity contribution in [2.45, 2.75) is 26.1 Å². The third kappa shape index (κ3) is 4.74. The molecule has 30 heavy (non-hydrogen) atoms. The Bertz CT molecular complexity index is 1080. The molecule has 0 atom stereocenters. The van der Waals surface area contributed by atoms with Gasteiger partial charge >= 0.3 is 0 Å². The standard InChI is InChI=1S/C22H20BrClN4O2/c23-17-4-1-3-16(11-17)13-25-21(29)19-12-20-22(30)27(9-2-10-28(20)26-19)14-15-5-7-18(24)8-6-15/h1,3-8,11-12H,2,9-10,13-14H2,(H,25,29). The van der Waals surface area contributed by atoms with Crippen molar-refractivity contribution in [3.8, 4) is 0 Å². The van der Waals surface area contributed by atoms with Gasteiger partial charge in [0, 0.05) is 41.7 Å². The van der Waals surface area contributed by atoms with E-state index in [1.165, 1.54) is 0 Å². The number of fused-ring (bicyclic) bond motifs is 1. The van der Waals surface area contributed by atoms with Crippen LogP contribution in [0.1, 0.15) is 38.5 Å². The molecule has 0 saturated carbocycles. The van der Waals surface area contributed by atoms with E-state index in [1.54, 1.807) is 15.6 Å². The maximum Gasteiger partial charge on any atom is 0.272 e. The normalized spacial score (nSPS) is 13.7. The van der Waals surface area contributed by atoms with Gasteiger partial charge in [-0.1, -0.05) is 51.8 Å². The van der Waals surface area contributed by atoms with E-state index >= 15 is 0 Å². The monoisotopic (exact) mass is 486 g/mol. The number of aryl methyl sites for hydroxylation is 1. The molecule has 8 heteroatoms. The third-order valence-electron chi connectivity index (χ3n) is 4.95. The van der Waals surface area contributed by atoms with Gasteiger partial charge in [0.15, 0.2) is 5.69 Å². The van der Waals surface area contributed by atoms with Crippen LogP contribution in [0.15, 0.2) is 59.1 Å². The summed E-state index contributed by atoms with van der Waals surface area (Å²) in [4.78, 5) is 27.4. The molecular weight excluding hydrogens is 468 g/mol. The number of halogens is 2. The van der Waals surface area contributed by atoms with Crippen LogP contribution in [0.4, 0.5) is 0 Å². The molecule has 1 aromatic heterocycles. The first kappa shape index (κ1) is 20.6. The summed E-state index contributed by atoms with van der Waals surface area (Å²) in [5, 5.41) is 7.90. The van der Waals surface area contributed by atoms with E-state index in [9.17, 15) is 9.59 Å². The van der Waals surface area contributed by atoms with E-state index in [0.717, 1.165) is 22.0 Å². The van der Waals surface area contributed by atoms with Crippen LogP contribution in [0.2, 0.25) is 5.02 Å². The summed E-state index contributed by atoms with van der Waals surface area (Å²) < 4.78 is 2.59. The fraction of sp³-hybridized carbons (Fsp3) is 0.227. The topological polar surface area (TPSA) is 67.2 Å². The molecule has 0 aliphatic carbocycles. The molecule has 1 aliphatic rings. The molecule has 1 N–H and O–H groups in total. The Morgan fingerprint density at radius 2 is 1.90 bits per heavy atom. The Labute approximate surface area is 188 Å². The van der Waals surface area contributed by atoms with E-state index in [-0.39, 0.29) is 17.5 Å². The summed E-state index contributed by atoms with van der Waals surface area (Å²) in [5.74, 6) is -0.423. The summed E-state index contributed by atoms with van der Waals surface area (Å²) >= 11 is 9.37. The number of amides is 2. The van der Waals surface area contributed by atoms with Crippen LogP contribution in [0.5, 0.6) is 0 Å². The van der Waals surface area contributed by atoms with Gasteiger partial charge in [-0.05, 0) is 41.8 Å². The maximum atomic E-state index is 13.1. The first-order chi connectivity index (χ1) is 14.5. The van der Waals surface area contributed by atoms with Gasteiger partial charge in [0.25, 0.3) is 11.8 Å². The largest absolute Gasteiger partial charge is 0.347 e. The lowest BCUT2D eigenvalue weighted by atomic mass is 10.2. The molecule has 6 nitrogen and oxygen atoms in total. The zero-order valence-corrected chi connectivity index (χ0v) is 18.5. The van der Waals surface area contributed by atoms with Gasteiger partial charge in [0.2, 0.25) is 0 Å². The number of nitrogens with one attached hydrogen (secondary N) is 1. The van der Waals surface area contributed by atoms with Crippen molar-refractivity contribution in [2.24, 2.45) is 0 Å². The van der Waals surface area contributed by atoms with Gasteiger partial charge in [-0.15, -0.1) is 0 Å². The Balaban J connectivity index is 1.46. The smallest absolute Gasteiger partial charge is 0.272 e. The molecule has 4 rings (SSSR count). The molecule has 2 amide bonds. The lowest BCUT2D eigenvalue weighted by Crippen LogP contribution is -2.30. The average molecular weight is 488 g/mol. The van der Waals surface area contributed by atoms with Crippen LogP contribution in [0.3, 0.4) is 0 Å². The SMILES string of the molecule is O=C(NCc1cccc(Br)c1)c1cc2n(n1)CCCN(Cc1ccc(Cl)cc1)C2=O. The number of carbonyl (C=O) groups is 2. The van der Waals surface area contributed by atoms with E-state index in [1.807, 2.05) is 48.5 Å². The van der Waals surface area contributed by atoms with Gasteiger partial charge in [0.1, 0.15) is 5.69 Å². The molecule has 2 heterocycles. The lowest BCUT2D eigenvalue weighted by Gasteiger charge is -2.20. The van der Waals surface area contributed by atoms with Gasteiger partial charge in [-0.25, -0.2) is 0 Å². The van der Waals surface area contributed by atoms with Gasteiger partial charge in [-0.2, -0.15) is 5.10 Å². The molecule has 1 aliphatic heterocycles. The summed E-state index contributed by atoms with van der Waals surface area (Å²) in [6.45, 7) is 2.11. The highest BCUT2D eigenvalue weighted by Gasteiger charge is 2.26. The van der Waals surface area contributed by atoms with Crippen LogP contribution < -0.4 is 5.32 Å². The second-order valence-corrected chi connectivity index (χ2v) is 8.51. The van der Waals surface area contributed by atoms with Crippen LogP contribution >= 0.6 is 27.5 Å². The minimum absolute atomic E-state index is 0.124. The molecule has 2 aromatic carbocycles. The highest BCUT2D eigenvalue weighted by Crippen LogP contribution is 2.18. The van der Waals surface area contributed by atoms with E-state index in [4.69, 9.17) is 11.6 Å². The Morgan fingerprint density at radius 3 is 2.67 bits per heavy atom. The van der Waals surface area contributed by atoms with Crippen molar-refractivity contribution in [2.75, 3.05) is 6.54 Å². The number of hydrogen-bond donors (Lipinski definition) is 1. The molecule has 0 fully saturated rings. The number of rotatable bonds is 5. The predicted molar refractivity (Wildman–Crippen MR) is 118 cm³/mol. The van der Waals surface area contributed by atoms with Gasteiger partial charge in [-0.3, -0.25) is 14.3 Å². The predicted octanol–water partition coefficient (Wildman–Crippen LogP) is 4.28. The molecule has 0 radical (unpaired) electrons. The minimum atomic E-state index is -0.299. The summed E-state index contributed by atoms with van der Waals surface area (Å²) in [6, 6.07) is 16.8. The highest BCUT2D eigenvalue weighted by molar-refractivity contribution is 9.10. The second-order valence-electron chi connectivity index (χ2n) is 7.16. The fourth-order valence-electron chi connectivity index (χ4n) is 3.43. The molecule has 154 valence electrons. The Kier molecular flexibility index (Phi) is 6.20. The van der Waals surface area contributed by atoms with Gasteiger partial charge in [0.05, 0.1) is 0 Å². The van der Waals surface area contributed by atoms with Crippen molar-refractivity contribution in [3.63, 3.8) is 0 Å². The third-order valence-corrected chi connectivity index (χ3v) is 5.69. The molecule has 3 aromatic rings. The fourth-order valence-corrected chi connectivity index (χ4v) is 4.00. The first-order valence-electron chi connectivity index (χ1n) is 9.64. The van der Waals surface area contributed by atoms with Crippen LogP contribution in [-0.2, 0) is 19.6 Å². The maximum absolute atomic E-state index is 13.1. The highest BCUT2D eigenvalue weighted by atomic mass is 79.9. The van der Waals surface area contributed by atoms with E-state index < -0.39 is 0 Å². The molecule has 0 unspecified atom stereocenters. The lowest BCUT2D eigenvalue weighted by molar-refractivity contribution is 0.0745. The minimum Gasteiger partial charge on any atom is -0.347 e. The quantitative estimate of drug-likeness (QED) is 0.584. The zero-order chi connectivity index (χ0) is 21.1. The second kappa shape index (κ2) is 9.02. The molecule has 0 spiro atoms. The number of hydrogen-bond acceptors (Lipinski definition) is 3. The molecular formula is C22H20BrClN4O2. The number of carbonyl (C=O) groups excluding carboxylic acids is 2. The Hall–Kier alpha value is -2.64. The van der Waals surface area contributed by atoms with Crippen molar-refractivity contribution in [3.05, 3.63) is 86.6 Å². The van der Waals surface area contributed by atoms with E-state index in [2.05, 4.69) is 26.3 Å². The first-order valence-corrected chi connectivity index (χ1v) is 10.8. The average Bonchev–Trinajstić information content (AvgIpc) is 3.11. The van der Waals surface area contributed by atoms with Crippen molar-refractivity contribution in [1.29, 1.82) is 0 Å². The number of benzene rings is 2.